The molecule has 2 aromatic heterocycles. The topological polar surface area (TPSA) is 102 Å². The molecule has 1 atom stereocenters. The second-order valence-corrected chi connectivity index (χ2v) is 12.4. The van der Waals surface area contributed by atoms with Crippen LogP contribution in [-0.2, 0) is 11.3 Å². The third-order valence-corrected chi connectivity index (χ3v) is 9.19. The Kier molecular flexibility index (Phi) is 9.55. The fraction of sp³-hybridized carbons (Fsp3) is 0.206. The lowest BCUT2D eigenvalue weighted by molar-refractivity contribution is -0.130. The minimum absolute atomic E-state index is 0.0279. The predicted octanol–water partition coefficient (Wildman–Crippen LogP) is 6.58. The first-order valence-electron chi connectivity index (χ1n) is 14.7. The van der Waals surface area contributed by atoms with E-state index in [0.717, 1.165) is 27.4 Å². The van der Waals surface area contributed by atoms with Crippen LogP contribution in [-0.4, -0.2) is 49.7 Å². The number of aryl methyl sites for hydroxylation is 1. The molecule has 3 heterocycles. The summed E-state index contributed by atoms with van der Waals surface area (Å²) in [6.07, 6.45) is 0.623. The van der Waals surface area contributed by atoms with Crippen LogP contribution < -0.4 is 10.1 Å². The minimum Gasteiger partial charge on any atom is -0.494 e. The maximum Gasteiger partial charge on any atom is 0.253 e. The highest BCUT2D eigenvalue weighted by Gasteiger charge is 2.33. The number of hydrogen-bond acceptors (Lipinski definition) is 8. The SMILES string of the molecule is CCOc1ccc(-n2c(CNC(=O)c3cccc(F)c3)nnc2SCC(=O)N2N=C(c3cccs3)C[C@H]2c2ccc(C)cc2)cc1. The molecule has 1 aliphatic heterocycles. The summed E-state index contributed by atoms with van der Waals surface area (Å²) in [4.78, 5) is 27.6. The van der Waals surface area contributed by atoms with Gasteiger partial charge in [-0.1, -0.05) is 53.7 Å². The Bertz CT molecular complexity index is 1860. The first-order chi connectivity index (χ1) is 22.4. The van der Waals surface area contributed by atoms with Gasteiger partial charge >= 0.3 is 0 Å². The van der Waals surface area contributed by atoms with Gasteiger partial charge < -0.3 is 10.1 Å². The lowest BCUT2D eigenvalue weighted by Crippen LogP contribution is -2.28. The Morgan fingerprint density at radius 2 is 1.85 bits per heavy atom. The van der Waals surface area contributed by atoms with Gasteiger partial charge in [-0.15, -0.1) is 21.5 Å². The molecule has 5 aromatic rings. The van der Waals surface area contributed by atoms with Gasteiger partial charge in [0.2, 0.25) is 0 Å². The van der Waals surface area contributed by atoms with Crippen LogP contribution in [0.5, 0.6) is 5.75 Å². The van der Waals surface area contributed by atoms with Crippen LogP contribution in [0.15, 0.2) is 101 Å². The van der Waals surface area contributed by atoms with Gasteiger partial charge in [0.15, 0.2) is 11.0 Å². The van der Waals surface area contributed by atoms with Crippen molar-refractivity contribution in [3.05, 3.63) is 124 Å². The van der Waals surface area contributed by atoms with E-state index in [0.29, 0.717) is 29.8 Å². The van der Waals surface area contributed by atoms with Gasteiger partial charge in [0.25, 0.3) is 11.8 Å². The summed E-state index contributed by atoms with van der Waals surface area (Å²) in [5.74, 6) is 0.114. The number of carbonyl (C=O) groups is 2. The molecule has 1 N–H and O–H groups in total. The number of hydrazone groups is 1. The number of thiophene rings is 1. The molecule has 46 heavy (non-hydrogen) atoms. The molecule has 234 valence electrons. The molecule has 6 rings (SSSR count). The van der Waals surface area contributed by atoms with Crippen LogP contribution in [0.3, 0.4) is 0 Å². The summed E-state index contributed by atoms with van der Waals surface area (Å²) in [6, 6.07) is 24.9. The van der Waals surface area contributed by atoms with Gasteiger partial charge in [-0.2, -0.15) is 5.10 Å². The average Bonchev–Trinajstić information content (AvgIpc) is 3.84. The van der Waals surface area contributed by atoms with Crippen molar-refractivity contribution >= 4 is 40.6 Å². The first kappa shape index (κ1) is 31.2. The normalized spacial score (nSPS) is 14.3. The molecular formula is C34H31FN6O3S2. The third-order valence-electron chi connectivity index (χ3n) is 7.36. The molecule has 12 heteroatoms. The first-order valence-corrected chi connectivity index (χ1v) is 16.6. The molecule has 0 unspecified atom stereocenters. The fourth-order valence-electron chi connectivity index (χ4n) is 5.09. The second-order valence-electron chi connectivity index (χ2n) is 10.5. The quantitative estimate of drug-likeness (QED) is 0.162. The van der Waals surface area contributed by atoms with Gasteiger partial charge in [0, 0.05) is 17.7 Å². The summed E-state index contributed by atoms with van der Waals surface area (Å²) >= 11 is 2.84. The van der Waals surface area contributed by atoms with Crippen molar-refractivity contribution in [3.8, 4) is 11.4 Å². The van der Waals surface area contributed by atoms with Crippen LogP contribution in [0, 0.1) is 12.7 Å². The zero-order valence-corrected chi connectivity index (χ0v) is 26.9. The van der Waals surface area contributed by atoms with E-state index >= 15 is 0 Å². The van der Waals surface area contributed by atoms with E-state index in [-0.39, 0.29) is 29.8 Å². The number of halogens is 1. The van der Waals surface area contributed by atoms with Gasteiger partial charge in [-0.25, -0.2) is 9.40 Å². The standard InChI is InChI=1S/C34H31FN6O3S2/c1-3-44-27-15-13-26(14-16-27)40-31(20-36-33(43)24-6-4-7-25(35)18-24)37-38-34(40)46-21-32(42)41-29(23-11-9-22(2)10-12-23)19-28(39-41)30-8-5-17-45-30/h4-18,29H,3,19-21H2,1-2H3,(H,36,43)/t29-/m0/s1. The smallest absolute Gasteiger partial charge is 0.253 e. The molecule has 2 amide bonds. The lowest BCUT2D eigenvalue weighted by Gasteiger charge is -2.22. The minimum atomic E-state index is -0.497. The molecule has 0 aliphatic carbocycles. The third kappa shape index (κ3) is 7.03. The molecular weight excluding hydrogens is 624 g/mol. The molecule has 0 saturated heterocycles. The number of amides is 2. The van der Waals surface area contributed by atoms with Gasteiger partial charge in [0.05, 0.1) is 35.5 Å². The maximum atomic E-state index is 13.8. The number of rotatable bonds is 11. The van der Waals surface area contributed by atoms with Crippen LogP contribution in [0.2, 0.25) is 0 Å². The molecule has 0 saturated carbocycles. The monoisotopic (exact) mass is 654 g/mol. The number of nitrogens with one attached hydrogen (secondary N) is 1. The van der Waals surface area contributed by atoms with Crippen molar-refractivity contribution in [2.24, 2.45) is 5.10 Å². The van der Waals surface area contributed by atoms with E-state index in [9.17, 15) is 14.0 Å². The number of ether oxygens (including phenoxy) is 1. The molecule has 1 aliphatic rings. The molecule has 9 nitrogen and oxygen atoms in total. The second kappa shape index (κ2) is 14.1. The predicted molar refractivity (Wildman–Crippen MR) is 177 cm³/mol. The van der Waals surface area contributed by atoms with Crippen LogP contribution >= 0.6 is 23.1 Å². The van der Waals surface area contributed by atoms with Crippen molar-refractivity contribution in [1.82, 2.24) is 25.1 Å². The fourth-order valence-corrected chi connectivity index (χ4v) is 6.63. The van der Waals surface area contributed by atoms with E-state index in [4.69, 9.17) is 9.84 Å². The summed E-state index contributed by atoms with van der Waals surface area (Å²) in [5.41, 5.74) is 3.98. The highest BCUT2D eigenvalue weighted by molar-refractivity contribution is 7.99. The Balaban J connectivity index is 1.24. The summed E-state index contributed by atoms with van der Waals surface area (Å²) in [5, 5.41) is 20.4. The zero-order valence-electron chi connectivity index (χ0n) is 25.2. The van der Waals surface area contributed by atoms with Crippen molar-refractivity contribution in [2.45, 2.75) is 38.0 Å². The van der Waals surface area contributed by atoms with Crippen LogP contribution in [0.1, 0.15) is 51.6 Å². The van der Waals surface area contributed by atoms with E-state index in [2.05, 4.69) is 15.5 Å². The Labute approximate surface area is 274 Å². The number of carbonyl (C=O) groups excluding carboxylic acids is 2. The largest absolute Gasteiger partial charge is 0.494 e. The van der Waals surface area contributed by atoms with Gasteiger partial charge in [0.1, 0.15) is 11.6 Å². The number of nitrogens with zero attached hydrogens (tertiary/aromatic N) is 5. The Hall–Kier alpha value is -4.81. The Morgan fingerprint density at radius 1 is 1.04 bits per heavy atom. The van der Waals surface area contributed by atoms with Crippen molar-refractivity contribution in [1.29, 1.82) is 0 Å². The van der Waals surface area contributed by atoms with Gasteiger partial charge in [-0.05, 0) is 73.3 Å². The van der Waals surface area contributed by atoms with E-state index in [1.807, 2.05) is 79.9 Å². The number of hydrogen-bond donors (Lipinski definition) is 1. The van der Waals surface area contributed by atoms with Crippen LogP contribution in [0.25, 0.3) is 5.69 Å². The summed E-state index contributed by atoms with van der Waals surface area (Å²) in [6.45, 7) is 4.51. The van der Waals surface area contributed by atoms with Crippen LogP contribution in [0.4, 0.5) is 4.39 Å². The Morgan fingerprint density at radius 3 is 2.57 bits per heavy atom. The van der Waals surface area contributed by atoms with E-state index < -0.39 is 11.7 Å². The molecule has 0 bridgehead atoms. The van der Waals surface area contributed by atoms with Crippen molar-refractivity contribution in [2.75, 3.05) is 12.4 Å². The number of benzene rings is 3. The van der Waals surface area contributed by atoms with E-state index in [1.165, 1.54) is 36.0 Å². The molecule has 0 radical (unpaired) electrons. The zero-order chi connectivity index (χ0) is 32.0. The van der Waals surface area contributed by atoms with E-state index in [1.54, 1.807) is 20.9 Å². The average molecular weight is 655 g/mol. The number of aromatic nitrogens is 3. The highest BCUT2D eigenvalue weighted by Crippen LogP contribution is 2.35. The maximum absolute atomic E-state index is 13.8. The number of thioether (sulfide) groups is 1. The highest BCUT2D eigenvalue weighted by atomic mass is 32.2. The molecule has 0 fully saturated rings. The van der Waals surface area contributed by atoms with Gasteiger partial charge in [-0.3, -0.25) is 14.2 Å². The summed E-state index contributed by atoms with van der Waals surface area (Å²) < 4.78 is 21.1. The molecule has 3 aromatic carbocycles. The molecule has 0 spiro atoms. The van der Waals surface area contributed by atoms with Crippen molar-refractivity contribution in [3.63, 3.8) is 0 Å². The van der Waals surface area contributed by atoms with Crippen molar-refractivity contribution < 1.29 is 18.7 Å². The lowest BCUT2D eigenvalue weighted by atomic mass is 10.00. The summed E-state index contributed by atoms with van der Waals surface area (Å²) in [7, 11) is 0.